The van der Waals surface area contributed by atoms with Crippen LogP contribution in [0, 0.1) is 11.7 Å². The summed E-state index contributed by atoms with van der Waals surface area (Å²) in [6.07, 6.45) is 3.32. The van der Waals surface area contributed by atoms with Crippen molar-refractivity contribution in [1.82, 2.24) is 10.3 Å². The van der Waals surface area contributed by atoms with Gasteiger partial charge < -0.3 is 10.6 Å². The molecule has 1 aliphatic heterocycles. The summed E-state index contributed by atoms with van der Waals surface area (Å²) in [7, 11) is 0. The van der Waals surface area contributed by atoms with Gasteiger partial charge in [-0.2, -0.15) is 0 Å². The first-order valence-electron chi connectivity index (χ1n) is 9.52. The molecule has 2 amide bonds. The Kier molecular flexibility index (Phi) is 5.77. The smallest absolute Gasteiger partial charge is 0.251 e. The number of hydrogen-bond acceptors (Lipinski definition) is 4. The molecule has 31 heavy (non-hydrogen) atoms. The number of rotatable bonds is 5. The zero-order valence-corrected chi connectivity index (χ0v) is 16.9. The lowest BCUT2D eigenvalue weighted by atomic mass is 9.86. The van der Waals surface area contributed by atoms with Crippen LogP contribution < -0.4 is 10.6 Å². The number of carbonyl (C=O) groups is 3. The number of Topliss-reactive ketones (excluding diaryl/α,β-unsaturated/α-hetero) is 1. The van der Waals surface area contributed by atoms with Gasteiger partial charge in [-0.05, 0) is 53.9 Å². The molecule has 156 valence electrons. The zero-order chi connectivity index (χ0) is 22.0. The summed E-state index contributed by atoms with van der Waals surface area (Å²) in [5, 5.41) is 5.44. The topological polar surface area (TPSA) is 88.2 Å². The second kappa shape index (κ2) is 8.65. The van der Waals surface area contributed by atoms with Gasteiger partial charge in [-0.1, -0.05) is 23.7 Å². The molecule has 2 aromatic carbocycles. The number of anilines is 1. The molecule has 0 fully saturated rings. The van der Waals surface area contributed by atoms with Gasteiger partial charge in [0.1, 0.15) is 11.7 Å². The number of ketones is 1. The van der Waals surface area contributed by atoms with Crippen molar-refractivity contribution in [2.45, 2.75) is 13.0 Å². The summed E-state index contributed by atoms with van der Waals surface area (Å²) in [5.74, 6) is -2.89. The van der Waals surface area contributed by atoms with Crippen LogP contribution in [-0.4, -0.2) is 22.6 Å². The highest BCUT2D eigenvalue weighted by molar-refractivity contribution is 6.30. The van der Waals surface area contributed by atoms with E-state index in [0.717, 1.165) is 5.56 Å². The Morgan fingerprint density at radius 3 is 2.71 bits per heavy atom. The molecule has 1 unspecified atom stereocenters. The fraction of sp³-hybridized carbons (Fsp3) is 0.130. The fourth-order valence-electron chi connectivity index (χ4n) is 3.40. The van der Waals surface area contributed by atoms with E-state index >= 15 is 0 Å². The largest absolute Gasteiger partial charge is 0.348 e. The highest BCUT2D eigenvalue weighted by Gasteiger charge is 2.34. The minimum atomic E-state index is -1.03. The highest BCUT2D eigenvalue weighted by atomic mass is 35.5. The minimum Gasteiger partial charge on any atom is -0.348 e. The summed E-state index contributed by atoms with van der Waals surface area (Å²) in [6.45, 7) is 0.291. The van der Waals surface area contributed by atoms with Crippen molar-refractivity contribution in [1.29, 1.82) is 0 Å². The predicted molar refractivity (Wildman–Crippen MR) is 113 cm³/mol. The molecule has 3 aromatic rings. The van der Waals surface area contributed by atoms with Gasteiger partial charge in [0.2, 0.25) is 5.91 Å². The van der Waals surface area contributed by atoms with E-state index in [2.05, 4.69) is 15.6 Å². The van der Waals surface area contributed by atoms with Gasteiger partial charge in [0, 0.05) is 30.1 Å². The Bertz CT molecular complexity index is 1180. The van der Waals surface area contributed by atoms with Crippen LogP contribution in [0.2, 0.25) is 5.02 Å². The summed E-state index contributed by atoms with van der Waals surface area (Å²) in [6, 6.07) is 12.3. The molecule has 0 saturated heterocycles. The van der Waals surface area contributed by atoms with Gasteiger partial charge in [0.05, 0.1) is 10.7 Å². The first-order valence-corrected chi connectivity index (χ1v) is 9.90. The SMILES string of the molecule is O=C(NCc1cccnc1)c1ccc2c(c1)C(=O)C(Cc1ccc(Cl)c(F)c1)C(=O)N2. The summed E-state index contributed by atoms with van der Waals surface area (Å²) < 4.78 is 13.7. The lowest BCUT2D eigenvalue weighted by molar-refractivity contribution is -0.118. The number of aromatic nitrogens is 1. The highest BCUT2D eigenvalue weighted by Crippen LogP contribution is 2.29. The molecule has 0 radical (unpaired) electrons. The van der Waals surface area contributed by atoms with Crippen LogP contribution in [0.1, 0.15) is 31.8 Å². The molecule has 0 spiro atoms. The molecule has 1 aromatic heterocycles. The maximum atomic E-state index is 13.7. The fourth-order valence-corrected chi connectivity index (χ4v) is 3.52. The molecule has 2 N–H and O–H groups in total. The molecule has 8 heteroatoms. The van der Waals surface area contributed by atoms with Crippen molar-refractivity contribution in [3.8, 4) is 0 Å². The Labute approximate surface area is 182 Å². The third kappa shape index (κ3) is 4.46. The number of fused-ring (bicyclic) bond motifs is 1. The Morgan fingerprint density at radius 2 is 1.97 bits per heavy atom. The molecular weight excluding hydrogens is 421 g/mol. The second-order valence-corrected chi connectivity index (χ2v) is 7.57. The lowest BCUT2D eigenvalue weighted by Gasteiger charge is -2.24. The third-order valence-corrected chi connectivity index (χ3v) is 5.34. The van der Waals surface area contributed by atoms with Crippen LogP contribution in [0.25, 0.3) is 0 Å². The number of nitrogens with one attached hydrogen (secondary N) is 2. The molecule has 1 atom stereocenters. The quantitative estimate of drug-likeness (QED) is 0.594. The van der Waals surface area contributed by atoms with Gasteiger partial charge in [-0.3, -0.25) is 19.4 Å². The number of hydrogen-bond donors (Lipinski definition) is 2. The van der Waals surface area contributed by atoms with E-state index in [4.69, 9.17) is 11.6 Å². The maximum Gasteiger partial charge on any atom is 0.251 e. The van der Waals surface area contributed by atoms with Gasteiger partial charge in [0.15, 0.2) is 5.78 Å². The first kappa shape index (κ1) is 20.7. The molecule has 0 aliphatic carbocycles. The van der Waals surface area contributed by atoms with Gasteiger partial charge in [-0.15, -0.1) is 0 Å². The molecule has 6 nitrogen and oxygen atoms in total. The molecule has 0 saturated carbocycles. The Hall–Kier alpha value is -3.58. The number of nitrogens with zero attached hydrogens (tertiary/aromatic N) is 1. The number of halogens is 2. The molecule has 4 rings (SSSR count). The van der Waals surface area contributed by atoms with Crippen molar-refractivity contribution in [3.63, 3.8) is 0 Å². The number of pyridine rings is 1. The van der Waals surface area contributed by atoms with Crippen LogP contribution in [-0.2, 0) is 17.8 Å². The second-order valence-electron chi connectivity index (χ2n) is 7.16. The summed E-state index contributed by atoms with van der Waals surface area (Å²) >= 11 is 5.70. The van der Waals surface area contributed by atoms with Crippen LogP contribution in [0.5, 0.6) is 0 Å². The third-order valence-electron chi connectivity index (χ3n) is 5.04. The predicted octanol–water partition coefficient (Wildman–Crippen LogP) is 3.80. The van der Waals surface area contributed by atoms with Crippen LogP contribution in [0.4, 0.5) is 10.1 Å². The first-order chi connectivity index (χ1) is 14.9. The van der Waals surface area contributed by atoms with Crippen molar-refractivity contribution in [2.24, 2.45) is 5.92 Å². The van der Waals surface area contributed by atoms with Crippen molar-refractivity contribution in [3.05, 3.63) is 94.0 Å². The standard InChI is InChI=1S/C23H17ClFN3O3/c24-18-5-3-13(9-19(18)25)8-17-21(29)16-10-15(4-6-20(16)28-23(17)31)22(30)27-12-14-2-1-7-26-11-14/h1-7,9-11,17H,8,12H2,(H,27,30)(H,28,31). The maximum absolute atomic E-state index is 13.7. The molecular formula is C23H17ClFN3O3. The van der Waals surface area contributed by atoms with E-state index in [1.165, 1.54) is 24.3 Å². The minimum absolute atomic E-state index is 0.0234. The van der Waals surface area contributed by atoms with Crippen molar-refractivity contribution in [2.75, 3.05) is 5.32 Å². The van der Waals surface area contributed by atoms with E-state index in [0.29, 0.717) is 23.4 Å². The van der Waals surface area contributed by atoms with E-state index in [1.807, 2.05) is 6.07 Å². The lowest BCUT2D eigenvalue weighted by Crippen LogP contribution is -2.37. The normalized spacial score (nSPS) is 15.2. The molecule has 1 aliphatic rings. The monoisotopic (exact) mass is 437 g/mol. The van der Waals surface area contributed by atoms with E-state index in [-0.39, 0.29) is 22.9 Å². The average Bonchev–Trinajstić information content (AvgIpc) is 2.78. The number of carbonyl (C=O) groups excluding carboxylic acids is 3. The number of benzene rings is 2. The van der Waals surface area contributed by atoms with Gasteiger partial charge in [-0.25, -0.2) is 4.39 Å². The van der Waals surface area contributed by atoms with Crippen molar-refractivity contribution < 1.29 is 18.8 Å². The summed E-state index contributed by atoms with van der Waals surface area (Å²) in [4.78, 5) is 42.0. The van der Waals surface area contributed by atoms with Crippen LogP contribution in [0.15, 0.2) is 60.9 Å². The zero-order valence-electron chi connectivity index (χ0n) is 16.2. The summed E-state index contributed by atoms with van der Waals surface area (Å²) in [5.41, 5.74) is 2.20. The molecule has 2 heterocycles. The van der Waals surface area contributed by atoms with E-state index < -0.39 is 23.4 Å². The Balaban J connectivity index is 1.53. The van der Waals surface area contributed by atoms with Gasteiger partial charge in [0.25, 0.3) is 5.91 Å². The Morgan fingerprint density at radius 1 is 1.13 bits per heavy atom. The average molecular weight is 438 g/mol. The van der Waals surface area contributed by atoms with E-state index in [9.17, 15) is 18.8 Å². The number of amides is 2. The van der Waals surface area contributed by atoms with Gasteiger partial charge >= 0.3 is 0 Å². The van der Waals surface area contributed by atoms with Crippen molar-refractivity contribution >= 4 is 34.9 Å². The molecule has 0 bridgehead atoms. The van der Waals surface area contributed by atoms with E-state index in [1.54, 1.807) is 30.6 Å². The van der Waals surface area contributed by atoms with Crippen LogP contribution in [0.3, 0.4) is 0 Å². The van der Waals surface area contributed by atoms with Crippen LogP contribution >= 0.6 is 11.6 Å².